The van der Waals surface area contributed by atoms with Gasteiger partial charge in [-0.15, -0.1) is 0 Å². The number of carbonyl (C=O) groups excluding carboxylic acids is 1. The van der Waals surface area contributed by atoms with Crippen molar-refractivity contribution in [3.63, 3.8) is 0 Å². The number of hydrogen-bond acceptors (Lipinski definition) is 3. The maximum Gasteiger partial charge on any atom is 0.200 e. The van der Waals surface area contributed by atoms with Crippen molar-refractivity contribution in [1.29, 1.82) is 0 Å². The maximum atomic E-state index is 13.6. The monoisotopic (exact) mass is 356 g/mol. The molecule has 0 aliphatic heterocycles. The summed E-state index contributed by atoms with van der Waals surface area (Å²) in [5, 5.41) is 0. The number of carbonyl (C=O) groups is 1. The minimum Gasteiger partial charge on any atom is -0.497 e. The molecule has 0 saturated heterocycles. The number of halogens is 3. The first-order valence-electron chi connectivity index (χ1n) is 5.96. The second kappa shape index (κ2) is 6.67. The van der Waals surface area contributed by atoms with E-state index in [9.17, 15) is 13.6 Å². The highest BCUT2D eigenvalue weighted by Crippen LogP contribution is 2.29. The molecule has 0 bridgehead atoms. The van der Waals surface area contributed by atoms with E-state index < -0.39 is 11.6 Å². The van der Waals surface area contributed by atoms with Gasteiger partial charge in [-0.05, 0) is 34.1 Å². The van der Waals surface area contributed by atoms with Gasteiger partial charge in [0, 0.05) is 11.6 Å². The molecule has 110 valence electrons. The molecule has 2 aromatic carbocycles. The highest BCUT2D eigenvalue weighted by atomic mass is 79.9. The third-order valence-corrected chi connectivity index (χ3v) is 3.29. The third-order valence-electron chi connectivity index (χ3n) is 2.70. The number of methoxy groups -OCH3 is 1. The quantitative estimate of drug-likeness (QED) is 0.759. The molecule has 21 heavy (non-hydrogen) atoms. The fourth-order valence-corrected chi connectivity index (χ4v) is 2.21. The molecule has 2 aromatic rings. The van der Waals surface area contributed by atoms with Crippen LogP contribution in [-0.2, 0) is 0 Å². The normalized spacial score (nSPS) is 10.3. The lowest BCUT2D eigenvalue weighted by Crippen LogP contribution is -2.12. The Morgan fingerprint density at radius 1 is 1.24 bits per heavy atom. The first kappa shape index (κ1) is 15.4. The standard InChI is InChI=1S/C15H11BrF2O3/c1-20-11-4-2-3-9(5-11)14(19)8-21-15-12(16)6-10(17)7-13(15)18/h2-7H,8H2,1H3. The van der Waals surface area contributed by atoms with Crippen molar-refractivity contribution < 1.29 is 23.0 Å². The Bertz CT molecular complexity index is 651. The molecule has 0 N–H and O–H groups in total. The molecule has 0 unspecified atom stereocenters. The van der Waals surface area contributed by atoms with Gasteiger partial charge in [0.15, 0.2) is 24.0 Å². The second-order valence-corrected chi connectivity index (χ2v) is 5.00. The Balaban J connectivity index is 2.11. The zero-order chi connectivity index (χ0) is 15.4. The van der Waals surface area contributed by atoms with Gasteiger partial charge in [-0.25, -0.2) is 8.78 Å². The zero-order valence-corrected chi connectivity index (χ0v) is 12.6. The van der Waals surface area contributed by atoms with Gasteiger partial charge in [-0.1, -0.05) is 12.1 Å². The van der Waals surface area contributed by atoms with E-state index in [2.05, 4.69) is 15.9 Å². The van der Waals surface area contributed by atoms with Crippen LogP contribution >= 0.6 is 15.9 Å². The third kappa shape index (κ3) is 3.78. The second-order valence-electron chi connectivity index (χ2n) is 4.14. The number of benzene rings is 2. The first-order valence-corrected chi connectivity index (χ1v) is 6.75. The van der Waals surface area contributed by atoms with Crippen LogP contribution in [0.4, 0.5) is 8.78 Å². The van der Waals surface area contributed by atoms with E-state index in [1.54, 1.807) is 24.3 Å². The summed E-state index contributed by atoms with van der Waals surface area (Å²) in [5.41, 5.74) is 0.382. The minimum atomic E-state index is -0.875. The Labute approximate surface area is 128 Å². The molecular weight excluding hydrogens is 346 g/mol. The lowest BCUT2D eigenvalue weighted by atomic mass is 10.1. The summed E-state index contributed by atoms with van der Waals surface area (Å²) in [7, 11) is 1.49. The van der Waals surface area contributed by atoms with Crippen molar-refractivity contribution in [3.8, 4) is 11.5 Å². The number of rotatable bonds is 5. The van der Waals surface area contributed by atoms with Crippen molar-refractivity contribution in [2.24, 2.45) is 0 Å². The molecule has 2 rings (SSSR count). The summed E-state index contributed by atoms with van der Waals surface area (Å²) in [6.07, 6.45) is 0. The van der Waals surface area contributed by atoms with E-state index in [0.29, 0.717) is 17.4 Å². The average Bonchev–Trinajstić information content (AvgIpc) is 2.46. The van der Waals surface area contributed by atoms with Crippen LogP contribution in [0.1, 0.15) is 10.4 Å². The van der Waals surface area contributed by atoms with Crippen LogP contribution in [0, 0.1) is 11.6 Å². The zero-order valence-electron chi connectivity index (χ0n) is 11.0. The lowest BCUT2D eigenvalue weighted by molar-refractivity contribution is 0.0918. The van der Waals surface area contributed by atoms with Crippen molar-refractivity contribution in [2.75, 3.05) is 13.7 Å². The predicted molar refractivity (Wildman–Crippen MR) is 76.9 cm³/mol. The van der Waals surface area contributed by atoms with Crippen molar-refractivity contribution >= 4 is 21.7 Å². The van der Waals surface area contributed by atoms with E-state index in [0.717, 1.165) is 6.07 Å². The van der Waals surface area contributed by atoms with Crippen LogP contribution in [0.15, 0.2) is 40.9 Å². The smallest absolute Gasteiger partial charge is 0.200 e. The highest BCUT2D eigenvalue weighted by molar-refractivity contribution is 9.10. The number of hydrogen-bond donors (Lipinski definition) is 0. The lowest BCUT2D eigenvalue weighted by Gasteiger charge is -2.09. The van der Waals surface area contributed by atoms with E-state index in [-0.39, 0.29) is 22.6 Å². The van der Waals surface area contributed by atoms with Gasteiger partial charge in [0.2, 0.25) is 0 Å². The summed E-state index contributed by atoms with van der Waals surface area (Å²) >= 11 is 2.99. The number of ketones is 1. The van der Waals surface area contributed by atoms with E-state index in [4.69, 9.17) is 9.47 Å². The van der Waals surface area contributed by atoms with Gasteiger partial charge < -0.3 is 9.47 Å². The van der Waals surface area contributed by atoms with Gasteiger partial charge in [0.1, 0.15) is 11.6 Å². The summed E-state index contributed by atoms with van der Waals surface area (Å²) < 4.78 is 36.8. The van der Waals surface area contributed by atoms with E-state index in [1.807, 2.05) is 0 Å². The van der Waals surface area contributed by atoms with Crippen LogP contribution < -0.4 is 9.47 Å². The molecule has 0 amide bonds. The molecule has 0 saturated carbocycles. The molecule has 0 atom stereocenters. The molecule has 6 heteroatoms. The topological polar surface area (TPSA) is 35.5 Å². The molecule has 0 spiro atoms. The molecule has 0 aromatic heterocycles. The molecular formula is C15H11BrF2O3. The van der Waals surface area contributed by atoms with Crippen LogP contribution in [0.25, 0.3) is 0 Å². The Hall–Kier alpha value is -1.95. The molecule has 0 heterocycles. The van der Waals surface area contributed by atoms with E-state index in [1.165, 1.54) is 7.11 Å². The Morgan fingerprint density at radius 2 is 2.00 bits per heavy atom. The number of Topliss-reactive ketones (excluding diaryl/α,β-unsaturated/α-hetero) is 1. The molecule has 0 radical (unpaired) electrons. The average molecular weight is 357 g/mol. The highest BCUT2D eigenvalue weighted by Gasteiger charge is 2.14. The van der Waals surface area contributed by atoms with Gasteiger partial charge in [-0.2, -0.15) is 0 Å². The van der Waals surface area contributed by atoms with E-state index >= 15 is 0 Å². The van der Waals surface area contributed by atoms with Gasteiger partial charge >= 0.3 is 0 Å². The fraction of sp³-hybridized carbons (Fsp3) is 0.133. The summed E-state index contributed by atoms with van der Waals surface area (Å²) in [5.74, 6) is -1.61. The van der Waals surface area contributed by atoms with Crippen molar-refractivity contribution in [3.05, 3.63) is 58.1 Å². The SMILES string of the molecule is COc1cccc(C(=O)COc2c(F)cc(F)cc2Br)c1. The number of ether oxygens (including phenoxy) is 2. The van der Waals surface area contributed by atoms with Crippen LogP contribution in [0.2, 0.25) is 0 Å². The molecule has 0 aliphatic carbocycles. The molecule has 0 aliphatic rings. The Kier molecular flexibility index (Phi) is 4.90. The predicted octanol–water partition coefficient (Wildman–Crippen LogP) is 4.00. The summed E-state index contributed by atoms with van der Waals surface area (Å²) in [4.78, 5) is 12.0. The largest absolute Gasteiger partial charge is 0.497 e. The molecule has 0 fully saturated rings. The summed E-state index contributed by atoms with van der Waals surface area (Å²) in [6.45, 7) is -0.367. The van der Waals surface area contributed by atoms with Gasteiger partial charge in [0.05, 0.1) is 11.6 Å². The fourth-order valence-electron chi connectivity index (χ4n) is 1.68. The van der Waals surface area contributed by atoms with Gasteiger partial charge in [0.25, 0.3) is 0 Å². The summed E-state index contributed by atoms with van der Waals surface area (Å²) in [6, 6.07) is 8.28. The van der Waals surface area contributed by atoms with Crippen LogP contribution in [0.5, 0.6) is 11.5 Å². The maximum absolute atomic E-state index is 13.6. The van der Waals surface area contributed by atoms with Crippen LogP contribution in [-0.4, -0.2) is 19.5 Å². The van der Waals surface area contributed by atoms with Crippen LogP contribution in [0.3, 0.4) is 0 Å². The van der Waals surface area contributed by atoms with Crippen molar-refractivity contribution in [2.45, 2.75) is 0 Å². The van der Waals surface area contributed by atoms with Crippen molar-refractivity contribution in [1.82, 2.24) is 0 Å². The van der Waals surface area contributed by atoms with Gasteiger partial charge in [-0.3, -0.25) is 4.79 Å². The first-order chi connectivity index (χ1) is 10.0. The molecule has 3 nitrogen and oxygen atoms in total. The Morgan fingerprint density at radius 3 is 2.67 bits per heavy atom. The minimum absolute atomic E-state index is 0.110.